The minimum Gasteiger partial charge on any atom is -0.376 e. The molecule has 2 aromatic rings. The summed E-state index contributed by atoms with van der Waals surface area (Å²) in [7, 11) is 0. The Labute approximate surface area is 136 Å². The number of amides is 1. The van der Waals surface area contributed by atoms with Crippen molar-refractivity contribution in [2.24, 2.45) is 0 Å². The quantitative estimate of drug-likeness (QED) is 0.848. The molecule has 22 heavy (non-hydrogen) atoms. The number of anilines is 2. The molecule has 4 heteroatoms. The molecule has 0 unspecified atom stereocenters. The van der Waals surface area contributed by atoms with Gasteiger partial charge in [-0.2, -0.15) is 0 Å². The third-order valence-corrected chi connectivity index (χ3v) is 4.12. The monoisotopic (exact) mass is 316 g/mol. The zero-order valence-electron chi connectivity index (χ0n) is 13.2. The van der Waals surface area contributed by atoms with Gasteiger partial charge in [0.05, 0.1) is 6.54 Å². The number of carbonyl (C=O) groups is 1. The maximum absolute atomic E-state index is 12.1. The van der Waals surface area contributed by atoms with Gasteiger partial charge in [-0.25, -0.2) is 0 Å². The fourth-order valence-electron chi connectivity index (χ4n) is 2.38. The first kappa shape index (κ1) is 16.4. The molecule has 1 amide bonds. The molecule has 2 N–H and O–H groups in total. The third kappa shape index (κ3) is 3.80. The van der Waals surface area contributed by atoms with Gasteiger partial charge in [-0.05, 0) is 49.1 Å². The lowest BCUT2D eigenvalue weighted by Crippen LogP contribution is -2.23. The van der Waals surface area contributed by atoms with Crippen molar-refractivity contribution in [1.29, 1.82) is 0 Å². The van der Waals surface area contributed by atoms with Crippen molar-refractivity contribution in [2.75, 3.05) is 17.2 Å². The van der Waals surface area contributed by atoms with Crippen molar-refractivity contribution < 1.29 is 4.79 Å². The van der Waals surface area contributed by atoms with Gasteiger partial charge in [-0.1, -0.05) is 42.8 Å². The first-order chi connectivity index (χ1) is 10.5. The van der Waals surface area contributed by atoms with Crippen LogP contribution in [0.1, 0.15) is 23.6 Å². The number of para-hydroxylation sites is 1. The Morgan fingerprint density at radius 1 is 1.14 bits per heavy atom. The molecule has 0 saturated carbocycles. The van der Waals surface area contributed by atoms with Crippen molar-refractivity contribution in [1.82, 2.24) is 0 Å². The molecule has 0 heterocycles. The summed E-state index contributed by atoms with van der Waals surface area (Å²) in [5.74, 6) is -0.0873. The second-order valence-corrected chi connectivity index (χ2v) is 5.68. The maximum Gasteiger partial charge on any atom is 0.243 e. The van der Waals surface area contributed by atoms with Crippen LogP contribution >= 0.6 is 11.6 Å². The summed E-state index contributed by atoms with van der Waals surface area (Å²) in [6, 6.07) is 11.6. The molecular formula is C18H21ClN2O. The van der Waals surface area contributed by atoms with Gasteiger partial charge >= 0.3 is 0 Å². The number of aryl methyl sites for hydroxylation is 2. The largest absolute Gasteiger partial charge is 0.376 e. The summed E-state index contributed by atoms with van der Waals surface area (Å²) in [5.41, 5.74) is 5.03. The topological polar surface area (TPSA) is 41.1 Å². The molecule has 0 aliphatic carbocycles. The van der Waals surface area contributed by atoms with Crippen LogP contribution < -0.4 is 10.6 Å². The van der Waals surface area contributed by atoms with Crippen molar-refractivity contribution in [2.45, 2.75) is 27.2 Å². The number of benzene rings is 2. The fraction of sp³-hybridized carbons (Fsp3) is 0.278. The molecule has 0 bridgehead atoms. The van der Waals surface area contributed by atoms with Crippen LogP contribution in [0.15, 0.2) is 36.4 Å². The first-order valence-electron chi connectivity index (χ1n) is 7.40. The van der Waals surface area contributed by atoms with Crippen molar-refractivity contribution in [3.8, 4) is 0 Å². The third-order valence-electron chi connectivity index (χ3n) is 3.71. The van der Waals surface area contributed by atoms with Crippen LogP contribution in [0.25, 0.3) is 0 Å². The Bertz CT molecular complexity index is 683. The van der Waals surface area contributed by atoms with Crippen LogP contribution in [0.2, 0.25) is 5.02 Å². The van der Waals surface area contributed by atoms with E-state index in [1.807, 2.05) is 44.2 Å². The molecule has 0 aromatic heterocycles. The number of hydrogen-bond donors (Lipinski definition) is 2. The van der Waals surface area contributed by atoms with Crippen LogP contribution in [0.3, 0.4) is 0 Å². The number of halogens is 1. The van der Waals surface area contributed by atoms with Gasteiger partial charge in [0.15, 0.2) is 0 Å². The van der Waals surface area contributed by atoms with Crippen molar-refractivity contribution in [3.05, 3.63) is 58.1 Å². The van der Waals surface area contributed by atoms with E-state index in [0.29, 0.717) is 5.02 Å². The Morgan fingerprint density at radius 2 is 1.86 bits per heavy atom. The predicted molar refractivity (Wildman–Crippen MR) is 93.9 cm³/mol. The number of nitrogens with one attached hydrogen (secondary N) is 2. The minimum absolute atomic E-state index is 0.0873. The van der Waals surface area contributed by atoms with Gasteiger partial charge in [0.2, 0.25) is 5.91 Å². The second kappa shape index (κ2) is 7.32. The summed E-state index contributed by atoms with van der Waals surface area (Å²) < 4.78 is 0. The van der Waals surface area contributed by atoms with E-state index in [2.05, 4.69) is 23.6 Å². The lowest BCUT2D eigenvalue weighted by Gasteiger charge is -2.14. The Morgan fingerprint density at radius 3 is 2.59 bits per heavy atom. The smallest absolute Gasteiger partial charge is 0.243 e. The first-order valence-corrected chi connectivity index (χ1v) is 7.78. The minimum atomic E-state index is -0.0873. The summed E-state index contributed by atoms with van der Waals surface area (Å²) in [5, 5.41) is 6.78. The van der Waals surface area contributed by atoms with E-state index in [4.69, 9.17) is 11.6 Å². The second-order valence-electron chi connectivity index (χ2n) is 5.28. The van der Waals surface area contributed by atoms with E-state index >= 15 is 0 Å². The lowest BCUT2D eigenvalue weighted by atomic mass is 10.1. The molecule has 3 nitrogen and oxygen atoms in total. The van der Waals surface area contributed by atoms with Crippen LogP contribution in [0.4, 0.5) is 11.4 Å². The zero-order valence-corrected chi connectivity index (χ0v) is 13.9. The van der Waals surface area contributed by atoms with Gasteiger partial charge in [0.25, 0.3) is 0 Å². The van der Waals surface area contributed by atoms with Gasteiger partial charge in [-0.3, -0.25) is 4.79 Å². The highest BCUT2D eigenvalue weighted by Crippen LogP contribution is 2.23. The average molecular weight is 317 g/mol. The summed E-state index contributed by atoms with van der Waals surface area (Å²) in [4.78, 5) is 12.1. The number of hydrogen-bond acceptors (Lipinski definition) is 2. The molecule has 0 saturated heterocycles. The van der Waals surface area contributed by atoms with E-state index in [1.165, 1.54) is 5.56 Å². The van der Waals surface area contributed by atoms with Gasteiger partial charge in [0, 0.05) is 16.4 Å². The summed E-state index contributed by atoms with van der Waals surface area (Å²) in [6.07, 6.45) is 0.930. The standard InChI is InChI=1S/C18H21ClN2O/c1-4-14-8-5-7-12(2)18(14)20-11-17(22)21-16-10-6-9-15(19)13(16)3/h5-10,20H,4,11H2,1-3H3,(H,21,22). The molecule has 0 radical (unpaired) electrons. The fourth-order valence-corrected chi connectivity index (χ4v) is 2.56. The highest BCUT2D eigenvalue weighted by atomic mass is 35.5. The van der Waals surface area contributed by atoms with Crippen molar-refractivity contribution in [3.63, 3.8) is 0 Å². The molecule has 0 atom stereocenters. The van der Waals surface area contributed by atoms with Crippen molar-refractivity contribution >= 4 is 28.9 Å². The molecule has 0 spiro atoms. The van der Waals surface area contributed by atoms with Crippen LogP contribution in [0.5, 0.6) is 0 Å². The van der Waals surface area contributed by atoms with E-state index in [-0.39, 0.29) is 12.5 Å². The summed E-state index contributed by atoms with van der Waals surface area (Å²) in [6.45, 7) is 6.27. The van der Waals surface area contributed by atoms with E-state index in [0.717, 1.165) is 28.9 Å². The zero-order chi connectivity index (χ0) is 16.1. The Kier molecular flexibility index (Phi) is 5.45. The van der Waals surface area contributed by atoms with Crippen LogP contribution in [-0.4, -0.2) is 12.5 Å². The van der Waals surface area contributed by atoms with E-state index < -0.39 is 0 Å². The Hall–Kier alpha value is -2.00. The van der Waals surface area contributed by atoms with Crippen LogP contribution in [0, 0.1) is 13.8 Å². The molecule has 2 rings (SSSR count). The van der Waals surface area contributed by atoms with Gasteiger partial charge < -0.3 is 10.6 Å². The molecular weight excluding hydrogens is 296 g/mol. The average Bonchev–Trinajstić information content (AvgIpc) is 2.50. The van der Waals surface area contributed by atoms with E-state index in [9.17, 15) is 4.79 Å². The number of carbonyl (C=O) groups excluding carboxylic acids is 1. The van der Waals surface area contributed by atoms with Crippen LogP contribution in [-0.2, 0) is 11.2 Å². The summed E-state index contributed by atoms with van der Waals surface area (Å²) >= 11 is 6.06. The number of rotatable bonds is 5. The lowest BCUT2D eigenvalue weighted by molar-refractivity contribution is -0.114. The SMILES string of the molecule is CCc1cccc(C)c1NCC(=O)Nc1cccc(Cl)c1C. The molecule has 116 valence electrons. The normalized spacial score (nSPS) is 10.4. The predicted octanol–water partition coefficient (Wildman–Crippen LogP) is 4.57. The van der Waals surface area contributed by atoms with E-state index in [1.54, 1.807) is 0 Å². The molecule has 0 aliphatic heterocycles. The molecule has 2 aromatic carbocycles. The van der Waals surface area contributed by atoms with Gasteiger partial charge in [0.1, 0.15) is 0 Å². The molecule has 0 fully saturated rings. The maximum atomic E-state index is 12.1. The molecule has 0 aliphatic rings. The van der Waals surface area contributed by atoms with Gasteiger partial charge in [-0.15, -0.1) is 0 Å². The highest BCUT2D eigenvalue weighted by molar-refractivity contribution is 6.31. The highest BCUT2D eigenvalue weighted by Gasteiger charge is 2.09. The Balaban J connectivity index is 2.03.